The van der Waals surface area contributed by atoms with Crippen LogP contribution in [0.1, 0.15) is 161 Å². The van der Waals surface area contributed by atoms with Gasteiger partial charge in [0.1, 0.15) is 22.9 Å². The zero-order chi connectivity index (χ0) is 50.0. The molecule has 4 N–H and O–H groups in total. The molecule has 0 fully saturated rings. The molecule has 0 saturated carbocycles. The minimum atomic E-state index is -0.369. The number of fused-ring (bicyclic) bond motifs is 2. The quantitative estimate of drug-likeness (QED) is 0.0669. The lowest BCUT2D eigenvalue weighted by atomic mass is 9.85. The van der Waals surface area contributed by atoms with E-state index in [1.165, 1.54) is 0 Å². The molecular weight excluding hydrogens is 873 g/mol. The number of ether oxygens (including phenoxy) is 2. The van der Waals surface area contributed by atoms with Crippen molar-refractivity contribution >= 4 is 57.1 Å². The minimum absolute atomic E-state index is 0.0158. The molecule has 70 heavy (non-hydrogen) atoms. The maximum Gasteiger partial charge on any atom is 0.355 e. The van der Waals surface area contributed by atoms with Crippen LogP contribution in [-0.2, 0) is 35.2 Å². The summed E-state index contributed by atoms with van der Waals surface area (Å²) < 4.78 is 10.9. The van der Waals surface area contributed by atoms with Gasteiger partial charge in [-0.15, -0.1) is 0 Å². The summed E-state index contributed by atoms with van der Waals surface area (Å²) in [6.07, 6.45) is 9.59. The number of allylic oxidation sites excluding steroid dienone is 4. The van der Waals surface area contributed by atoms with E-state index in [4.69, 9.17) is 19.5 Å². The number of aromatic nitrogens is 2. The van der Waals surface area contributed by atoms with Gasteiger partial charge in [0.2, 0.25) is 0 Å². The fourth-order valence-electron chi connectivity index (χ4n) is 10.9. The number of aromatic amines is 2. The Morgan fingerprint density at radius 2 is 0.857 bits per heavy atom. The Labute approximate surface area is 411 Å². The van der Waals surface area contributed by atoms with E-state index in [-0.39, 0.29) is 36.7 Å². The highest BCUT2D eigenvalue weighted by Gasteiger charge is 2.32. The largest absolute Gasteiger partial charge is 0.507 e. The number of nitrogens with zero attached hydrogens (tertiary/aromatic N) is 2. The summed E-state index contributed by atoms with van der Waals surface area (Å²) in [6, 6.07) is 20.0. The van der Waals surface area contributed by atoms with E-state index < -0.39 is 0 Å². The SMILES string of the molecule is CCOC(=O)c1[nH]c(/C=C2\N=C(c3cc4ccccc4c(-c4c(O)c(C5=N/C(=C/c6[nH]c(C(=O)OCC)c(CC)c6CC)C(CC)=C5CC)cc5ccccc45)c3O)C(CC)=C2CC)c(CC)c1CC. The Balaban J connectivity index is 1.36. The number of hydrogen-bond acceptors (Lipinski definition) is 8. The fourth-order valence-corrected chi connectivity index (χ4v) is 10.9. The van der Waals surface area contributed by atoms with Crippen LogP contribution in [0.5, 0.6) is 11.5 Å². The van der Waals surface area contributed by atoms with Gasteiger partial charge in [-0.25, -0.2) is 19.6 Å². The Kier molecular flexibility index (Phi) is 14.6. The van der Waals surface area contributed by atoms with Crippen molar-refractivity contribution in [3.8, 4) is 22.6 Å². The predicted octanol–water partition coefficient (Wildman–Crippen LogP) is 14.3. The second-order valence-corrected chi connectivity index (χ2v) is 17.6. The zero-order valence-corrected chi connectivity index (χ0v) is 42.4. The van der Waals surface area contributed by atoms with E-state index in [2.05, 4.69) is 51.5 Å². The molecule has 0 saturated heterocycles. The van der Waals surface area contributed by atoms with E-state index in [0.29, 0.717) is 83.6 Å². The smallest absolute Gasteiger partial charge is 0.355 e. The normalized spacial score (nSPS) is 15.1. The van der Waals surface area contributed by atoms with Gasteiger partial charge in [0, 0.05) is 33.6 Å². The van der Waals surface area contributed by atoms with Gasteiger partial charge in [-0.05, 0) is 156 Å². The van der Waals surface area contributed by atoms with Gasteiger partial charge < -0.3 is 29.7 Å². The van der Waals surface area contributed by atoms with Crippen LogP contribution in [0.3, 0.4) is 0 Å². The molecule has 0 spiro atoms. The summed E-state index contributed by atoms with van der Waals surface area (Å²) in [5, 5.41) is 29.4. The van der Waals surface area contributed by atoms with Crippen molar-refractivity contribution in [2.45, 2.75) is 121 Å². The standard InChI is InChI=1S/C60H66N4O6/c1-11-35-39(15-5)53(61-47(35)31-49-37(13-3)41(17-7)55(63-49)59(67)69-19-9)45-29-33-25-21-23-27-43(33)51(57(45)65)52-44-28-24-22-26-34(44)30-46(58(52)66)54-40(16-6)36(12-2)48(62-54)32-50-38(14-4)42(18-8)56(64-50)60(68)70-20-10/h21-32,63-66H,11-20H2,1-10H3/b47-31-,48-32+. The van der Waals surface area contributed by atoms with Gasteiger partial charge in [-0.3, -0.25) is 0 Å². The van der Waals surface area contributed by atoms with Crippen molar-refractivity contribution in [2.24, 2.45) is 9.98 Å². The lowest BCUT2D eigenvalue weighted by Gasteiger charge is -2.20. The number of nitrogens with one attached hydrogen (secondary N) is 2. The average molecular weight is 939 g/mol. The number of phenolic OH excluding ortho intramolecular Hbond substituents is 2. The summed E-state index contributed by atoms with van der Waals surface area (Å²) in [5.41, 5.74) is 15.8. The third kappa shape index (κ3) is 8.41. The summed E-state index contributed by atoms with van der Waals surface area (Å²) in [7, 11) is 0. The predicted molar refractivity (Wildman–Crippen MR) is 285 cm³/mol. The second-order valence-electron chi connectivity index (χ2n) is 17.6. The van der Waals surface area contributed by atoms with Crippen molar-refractivity contribution < 1.29 is 29.3 Å². The molecule has 6 aromatic rings. The van der Waals surface area contributed by atoms with Crippen LogP contribution >= 0.6 is 0 Å². The van der Waals surface area contributed by atoms with Crippen molar-refractivity contribution in [3.05, 3.63) is 151 Å². The molecule has 10 nitrogen and oxygen atoms in total. The Morgan fingerprint density at radius 1 is 0.500 bits per heavy atom. The molecule has 362 valence electrons. The van der Waals surface area contributed by atoms with Crippen molar-refractivity contribution in [3.63, 3.8) is 0 Å². The lowest BCUT2D eigenvalue weighted by molar-refractivity contribution is 0.0509. The molecule has 10 heteroatoms. The number of aromatic hydroxyl groups is 2. The van der Waals surface area contributed by atoms with Gasteiger partial charge in [0.05, 0.1) is 36.0 Å². The van der Waals surface area contributed by atoms with Crippen molar-refractivity contribution in [2.75, 3.05) is 13.2 Å². The number of hydrogen-bond donors (Lipinski definition) is 4. The summed E-state index contributed by atoms with van der Waals surface area (Å²) >= 11 is 0. The van der Waals surface area contributed by atoms with E-state index in [0.717, 1.165) is 102 Å². The molecule has 0 aliphatic carbocycles. The minimum Gasteiger partial charge on any atom is -0.507 e. The first-order valence-electron chi connectivity index (χ1n) is 25.3. The molecule has 2 aromatic heterocycles. The van der Waals surface area contributed by atoms with Crippen LogP contribution < -0.4 is 0 Å². The highest BCUT2D eigenvalue weighted by molar-refractivity contribution is 6.25. The van der Waals surface area contributed by atoms with E-state index in [1.54, 1.807) is 0 Å². The van der Waals surface area contributed by atoms with Gasteiger partial charge in [-0.1, -0.05) is 104 Å². The van der Waals surface area contributed by atoms with Crippen LogP contribution in [0.15, 0.2) is 104 Å². The summed E-state index contributed by atoms with van der Waals surface area (Å²) in [5.74, 6) is -0.706. The number of carbonyl (C=O) groups excluding carboxylic acids is 2. The number of aliphatic imine (C=N–C) groups is 2. The summed E-state index contributed by atoms with van der Waals surface area (Å²) in [4.78, 5) is 43.8. The third-order valence-corrected chi connectivity index (χ3v) is 14.0. The number of benzene rings is 4. The highest BCUT2D eigenvalue weighted by atomic mass is 16.5. The van der Waals surface area contributed by atoms with Crippen molar-refractivity contribution in [1.82, 2.24) is 9.97 Å². The molecule has 0 radical (unpaired) electrons. The van der Waals surface area contributed by atoms with Gasteiger partial charge in [0.25, 0.3) is 0 Å². The fraction of sp³-hybridized carbons (Fsp3) is 0.333. The number of carbonyl (C=O) groups is 2. The number of phenols is 2. The van der Waals surface area contributed by atoms with E-state index >= 15 is 0 Å². The third-order valence-electron chi connectivity index (χ3n) is 14.0. The van der Waals surface area contributed by atoms with Crippen LogP contribution in [0, 0.1) is 0 Å². The van der Waals surface area contributed by atoms with E-state index in [9.17, 15) is 19.8 Å². The first-order chi connectivity index (χ1) is 34.0. The Bertz CT molecular complexity index is 3060. The highest BCUT2D eigenvalue weighted by Crippen LogP contribution is 2.50. The van der Waals surface area contributed by atoms with E-state index in [1.807, 2.05) is 101 Å². The molecule has 4 heterocycles. The maximum atomic E-state index is 13.1. The van der Waals surface area contributed by atoms with Crippen molar-refractivity contribution in [1.29, 1.82) is 0 Å². The first-order valence-corrected chi connectivity index (χ1v) is 25.3. The van der Waals surface area contributed by atoms with Gasteiger partial charge >= 0.3 is 11.9 Å². The number of rotatable bonds is 17. The lowest BCUT2D eigenvalue weighted by Crippen LogP contribution is -2.08. The van der Waals surface area contributed by atoms with Crippen LogP contribution in [0.25, 0.3) is 44.8 Å². The first kappa shape index (κ1) is 49.2. The van der Waals surface area contributed by atoms with Crippen LogP contribution in [0.2, 0.25) is 0 Å². The molecular formula is C60H66N4O6. The zero-order valence-electron chi connectivity index (χ0n) is 42.4. The molecule has 4 aromatic carbocycles. The monoisotopic (exact) mass is 938 g/mol. The van der Waals surface area contributed by atoms with Gasteiger partial charge in [0.15, 0.2) is 0 Å². The molecule has 2 aliphatic rings. The molecule has 0 bridgehead atoms. The van der Waals surface area contributed by atoms with Gasteiger partial charge in [-0.2, -0.15) is 0 Å². The molecule has 0 unspecified atom stereocenters. The Hall–Kier alpha value is -7.20. The average Bonchev–Trinajstić information content (AvgIpc) is 4.13. The Morgan fingerprint density at radius 3 is 1.19 bits per heavy atom. The molecule has 0 amide bonds. The molecule has 0 atom stereocenters. The molecule has 8 rings (SSSR count). The molecule has 2 aliphatic heterocycles. The topological polar surface area (TPSA) is 149 Å². The number of esters is 2. The second kappa shape index (κ2) is 20.8. The summed E-state index contributed by atoms with van der Waals surface area (Å²) in [6.45, 7) is 20.9. The number of H-pyrrole nitrogens is 2. The van der Waals surface area contributed by atoms with Crippen LogP contribution in [0.4, 0.5) is 0 Å². The van der Waals surface area contributed by atoms with Crippen LogP contribution in [-0.4, -0.2) is 56.8 Å². The maximum absolute atomic E-state index is 13.1.